The summed E-state index contributed by atoms with van der Waals surface area (Å²) in [6, 6.07) is 9.02. The molecule has 0 saturated heterocycles. The molecule has 0 bridgehead atoms. The first-order chi connectivity index (χ1) is 12.1. The molecule has 7 nitrogen and oxygen atoms in total. The number of hydrogen-bond acceptors (Lipinski definition) is 6. The molecular weight excluding hydrogens is 324 g/mol. The molecule has 0 atom stereocenters. The molecular formula is C18H22N2O5. The minimum atomic E-state index is -0.245. The van der Waals surface area contributed by atoms with Crippen LogP contribution < -0.4 is 15.8 Å². The topological polar surface area (TPSA) is 104 Å². The maximum atomic E-state index is 12.0. The maximum absolute atomic E-state index is 12.0. The van der Waals surface area contributed by atoms with Crippen molar-refractivity contribution in [3.05, 3.63) is 53.5 Å². The van der Waals surface area contributed by atoms with Gasteiger partial charge in [-0.1, -0.05) is 12.1 Å². The predicted molar refractivity (Wildman–Crippen MR) is 91.0 cm³/mol. The average molecular weight is 346 g/mol. The SMILES string of the molecule is COC(=O)CCCOc1ccc(CNC(=O)c2coc(CN)c2)cc1. The first-order valence-electron chi connectivity index (χ1n) is 7.96. The van der Waals surface area contributed by atoms with Crippen molar-refractivity contribution in [2.75, 3.05) is 13.7 Å². The number of nitrogens with one attached hydrogen (secondary N) is 1. The molecule has 1 amide bonds. The Morgan fingerprint density at radius 1 is 1.24 bits per heavy atom. The van der Waals surface area contributed by atoms with Crippen molar-refractivity contribution < 1.29 is 23.5 Å². The Hall–Kier alpha value is -2.80. The lowest BCUT2D eigenvalue weighted by atomic mass is 10.2. The number of amides is 1. The number of furan rings is 1. The van der Waals surface area contributed by atoms with E-state index in [1.807, 2.05) is 24.3 Å². The molecule has 1 aromatic heterocycles. The molecule has 2 rings (SSSR count). The van der Waals surface area contributed by atoms with Crippen LogP contribution in [0.5, 0.6) is 5.75 Å². The first-order valence-corrected chi connectivity index (χ1v) is 7.96. The van der Waals surface area contributed by atoms with Crippen LogP contribution in [0.1, 0.15) is 34.5 Å². The number of esters is 1. The fraction of sp³-hybridized carbons (Fsp3) is 0.333. The second-order valence-corrected chi connectivity index (χ2v) is 5.36. The van der Waals surface area contributed by atoms with E-state index in [-0.39, 0.29) is 18.4 Å². The Morgan fingerprint density at radius 3 is 2.64 bits per heavy atom. The summed E-state index contributed by atoms with van der Waals surface area (Å²) in [6.07, 6.45) is 2.32. The summed E-state index contributed by atoms with van der Waals surface area (Å²) in [6.45, 7) is 1.09. The van der Waals surface area contributed by atoms with Gasteiger partial charge in [-0.3, -0.25) is 9.59 Å². The van der Waals surface area contributed by atoms with Crippen LogP contribution in [0.4, 0.5) is 0 Å². The van der Waals surface area contributed by atoms with E-state index in [9.17, 15) is 9.59 Å². The normalized spacial score (nSPS) is 10.3. The second kappa shape index (κ2) is 9.48. The zero-order valence-corrected chi connectivity index (χ0v) is 14.1. The molecule has 0 radical (unpaired) electrons. The van der Waals surface area contributed by atoms with Gasteiger partial charge in [0.25, 0.3) is 5.91 Å². The molecule has 0 fully saturated rings. The fourth-order valence-corrected chi connectivity index (χ4v) is 2.10. The fourth-order valence-electron chi connectivity index (χ4n) is 2.10. The van der Waals surface area contributed by atoms with E-state index in [1.54, 1.807) is 6.07 Å². The van der Waals surface area contributed by atoms with Crippen molar-refractivity contribution in [1.82, 2.24) is 5.32 Å². The molecule has 2 aromatic rings. The van der Waals surface area contributed by atoms with Crippen LogP contribution in [0.25, 0.3) is 0 Å². The molecule has 0 aliphatic carbocycles. The lowest BCUT2D eigenvalue weighted by Gasteiger charge is -2.07. The van der Waals surface area contributed by atoms with Crippen LogP contribution >= 0.6 is 0 Å². The molecule has 1 aromatic carbocycles. The average Bonchev–Trinajstić information content (AvgIpc) is 3.13. The van der Waals surface area contributed by atoms with Gasteiger partial charge >= 0.3 is 5.97 Å². The van der Waals surface area contributed by atoms with Crippen LogP contribution in [-0.4, -0.2) is 25.6 Å². The smallest absolute Gasteiger partial charge is 0.305 e. The monoisotopic (exact) mass is 346 g/mol. The minimum absolute atomic E-state index is 0.216. The zero-order chi connectivity index (χ0) is 18.1. The Bertz CT molecular complexity index is 694. The molecule has 1 heterocycles. The summed E-state index contributed by atoms with van der Waals surface area (Å²) in [5, 5.41) is 2.81. The van der Waals surface area contributed by atoms with Crippen LogP contribution in [-0.2, 0) is 22.6 Å². The van der Waals surface area contributed by atoms with Gasteiger partial charge in [-0.05, 0) is 30.2 Å². The highest BCUT2D eigenvalue weighted by Gasteiger charge is 2.09. The van der Waals surface area contributed by atoms with E-state index in [0.29, 0.717) is 43.1 Å². The van der Waals surface area contributed by atoms with Crippen molar-refractivity contribution in [1.29, 1.82) is 0 Å². The predicted octanol–water partition coefficient (Wildman–Crippen LogP) is 2.00. The number of ether oxygens (including phenoxy) is 2. The highest BCUT2D eigenvalue weighted by atomic mass is 16.5. The summed E-state index contributed by atoms with van der Waals surface area (Å²) in [4.78, 5) is 23.0. The van der Waals surface area contributed by atoms with Gasteiger partial charge in [-0.2, -0.15) is 0 Å². The molecule has 3 N–H and O–H groups in total. The Labute approximate surface area is 146 Å². The lowest BCUT2D eigenvalue weighted by molar-refractivity contribution is -0.140. The van der Waals surface area contributed by atoms with E-state index in [0.717, 1.165) is 5.56 Å². The van der Waals surface area contributed by atoms with Gasteiger partial charge in [0, 0.05) is 13.0 Å². The largest absolute Gasteiger partial charge is 0.494 e. The van der Waals surface area contributed by atoms with Gasteiger partial charge in [0.15, 0.2) is 0 Å². The van der Waals surface area contributed by atoms with Gasteiger partial charge in [0.2, 0.25) is 0 Å². The Balaban J connectivity index is 1.74. The maximum Gasteiger partial charge on any atom is 0.305 e. The number of hydrogen-bond donors (Lipinski definition) is 2. The van der Waals surface area contributed by atoms with Crippen molar-refractivity contribution in [2.24, 2.45) is 5.73 Å². The lowest BCUT2D eigenvalue weighted by Crippen LogP contribution is -2.22. The van der Waals surface area contributed by atoms with E-state index in [1.165, 1.54) is 13.4 Å². The van der Waals surface area contributed by atoms with E-state index >= 15 is 0 Å². The third-order valence-electron chi connectivity index (χ3n) is 3.52. The highest BCUT2D eigenvalue weighted by Crippen LogP contribution is 2.13. The number of carbonyl (C=O) groups is 2. The van der Waals surface area contributed by atoms with Gasteiger partial charge < -0.3 is 24.9 Å². The second-order valence-electron chi connectivity index (χ2n) is 5.36. The standard InChI is InChI=1S/C18H22N2O5/c1-23-17(21)3-2-8-24-15-6-4-13(5-7-15)11-20-18(22)14-9-16(10-19)25-12-14/h4-7,9,12H,2-3,8,10-11,19H2,1H3,(H,20,22). The van der Waals surface area contributed by atoms with E-state index < -0.39 is 0 Å². The van der Waals surface area contributed by atoms with Crippen LogP contribution in [0.15, 0.2) is 41.0 Å². The van der Waals surface area contributed by atoms with Crippen molar-refractivity contribution in [2.45, 2.75) is 25.9 Å². The first kappa shape index (κ1) is 18.5. The van der Waals surface area contributed by atoms with E-state index in [4.69, 9.17) is 14.9 Å². The molecule has 25 heavy (non-hydrogen) atoms. The van der Waals surface area contributed by atoms with Crippen LogP contribution in [0.2, 0.25) is 0 Å². The summed E-state index contributed by atoms with van der Waals surface area (Å²) in [7, 11) is 1.37. The quantitative estimate of drug-likeness (QED) is 0.532. The number of methoxy groups -OCH3 is 1. The number of carbonyl (C=O) groups excluding carboxylic acids is 2. The third kappa shape index (κ3) is 5.96. The summed E-state index contributed by atoms with van der Waals surface area (Å²) < 4.78 is 15.2. The summed E-state index contributed by atoms with van der Waals surface area (Å²) in [5.41, 5.74) is 6.84. The van der Waals surface area contributed by atoms with Crippen molar-refractivity contribution in [3.8, 4) is 5.75 Å². The Kier molecular flexibility index (Phi) is 7.03. The highest BCUT2D eigenvalue weighted by molar-refractivity contribution is 5.93. The van der Waals surface area contributed by atoms with Crippen LogP contribution in [0.3, 0.4) is 0 Å². The van der Waals surface area contributed by atoms with E-state index in [2.05, 4.69) is 10.1 Å². The van der Waals surface area contributed by atoms with Gasteiger partial charge in [-0.25, -0.2) is 0 Å². The van der Waals surface area contributed by atoms with Crippen molar-refractivity contribution >= 4 is 11.9 Å². The molecule has 7 heteroatoms. The molecule has 0 saturated carbocycles. The van der Waals surface area contributed by atoms with Crippen molar-refractivity contribution in [3.63, 3.8) is 0 Å². The number of benzene rings is 1. The molecule has 0 unspecified atom stereocenters. The van der Waals surface area contributed by atoms with Gasteiger partial charge in [0.1, 0.15) is 17.8 Å². The molecule has 134 valence electrons. The molecule has 0 aliphatic heterocycles. The summed E-state index contributed by atoms with van der Waals surface area (Å²) >= 11 is 0. The number of nitrogens with two attached hydrogens (primary N) is 1. The molecule has 0 spiro atoms. The van der Waals surface area contributed by atoms with Gasteiger partial charge in [-0.15, -0.1) is 0 Å². The van der Waals surface area contributed by atoms with Gasteiger partial charge in [0.05, 0.1) is 25.8 Å². The molecule has 0 aliphatic rings. The number of rotatable bonds is 9. The minimum Gasteiger partial charge on any atom is -0.494 e. The Morgan fingerprint density at radius 2 is 2.00 bits per heavy atom. The third-order valence-corrected chi connectivity index (χ3v) is 3.52. The zero-order valence-electron chi connectivity index (χ0n) is 14.1. The van der Waals surface area contributed by atoms with Crippen LogP contribution in [0, 0.1) is 0 Å². The summed E-state index contributed by atoms with van der Waals surface area (Å²) in [5.74, 6) is 0.818.